The molecule has 1 amide bonds. The zero-order chi connectivity index (χ0) is 18.1. The largest absolute Gasteiger partial charge is 0.341 e. The van der Waals surface area contributed by atoms with Gasteiger partial charge in [0.2, 0.25) is 11.9 Å². The summed E-state index contributed by atoms with van der Waals surface area (Å²) in [5, 5.41) is 13.3. The first-order valence-corrected chi connectivity index (χ1v) is 10.4. The zero-order valence-corrected chi connectivity index (χ0v) is 16.4. The number of carbonyl (C=O) groups excluding carboxylic acids is 1. The Morgan fingerprint density at radius 1 is 1.23 bits per heavy atom. The normalized spacial score (nSPS) is 16.9. The predicted octanol–water partition coefficient (Wildman–Crippen LogP) is 4.25. The molecule has 0 radical (unpaired) electrons. The van der Waals surface area contributed by atoms with Crippen LogP contribution >= 0.6 is 35.0 Å². The van der Waals surface area contributed by atoms with Crippen molar-refractivity contribution in [3.05, 3.63) is 28.2 Å². The standard InChI is InChI=1S/C17H19Cl2N5OS/c18-11-3-6-14(13(19)9-11)20-15(25)10-26-17-22-21-16(23-7-1-2-8-23)24(17)12-4-5-12/h3,6,9,12H,1-2,4-5,7-8,10H2,(H,20,25). The number of nitrogens with zero attached hydrogens (tertiary/aromatic N) is 4. The van der Waals surface area contributed by atoms with Gasteiger partial charge < -0.3 is 10.2 Å². The minimum Gasteiger partial charge on any atom is -0.341 e. The number of amides is 1. The van der Waals surface area contributed by atoms with Crippen LogP contribution in [0.1, 0.15) is 31.7 Å². The molecule has 9 heteroatoms. The number of hydrogen-bond acceptors (Lipinski definition) is 5. The van der Waals surface area contributed by atoms with E-state index in [1.165, 1.54) is 24.6 Å². The fraction of sp³-hybridized carbons (Fsp3) is 0.471. The minimum atomic E-state index is -0.132. The van der Waals surface area contributed by atoms with Crippen LogP contribution in [0.3, 0.4) is 0 Å². The van der Waals surface area contributed by atoms with Crippen molar-refractivity contribution in [2.75, 3.05) is 29.1 Å². The summed E-state index contributed by atoms with van der Waals surface area (Å²) in [5.41, 5.74) is 0.558. The maximum Gasteiger partial charge on any atom is 0.234 e. The van der Waals surface area contributed by atoms with Crippen molar-refractivity contribution in [2.24, 2.45) is 0 Å². The van der Waals surface area contributed by atoms with E-state index < -0.39 is 0 Å². The lowest BCUT2D eigenvalue weighted by Crippen LogP contribution is -2.22. The number of anilines is 2. The quantitative estimate of drug-likeness (QED) is 0.719. The van der Waals surface area contributed by atoms with Gasteiger partial charge in [0.1, 0.15) is 0 Å². The molecule has 0 spiro atoms. The Hall–Kier alpha value is -1.44. The fourth-order valence-electron chi connectivity index (χ4n) is 3.06. The molecule has 2 aromatic rings. The van der Waals surface area contributed by atoms with Gasteiger partial charge in [-0.1, -0.05) is 35.0 Å². The molecule has 1 aliphatic carbocycles. The topological polar surface area (TPSA) is 63.1 Å². The average molecular weight is 412 g/mol. The molecule has 6 nitrogen and oxygen atoms in total. The number of benzene rings is 1. The minimum absolute atomic E-state index is 0.132. The lowest BCUT2D eigenvalue weighted by Gasteiger charge is -2.17. The SMILES string of the molecule is O=C(CSc1nnc(N2CCCC2)n1C1CC1)Nc1ccc(Cl)cc1Cl. The lowest BCUT2D eigenvalue weighted by molar-refractivity contribution is -0.113. The third kappa shape index (κ3) is 3.94. The van der Waals surface area contributed by atoms with Crippen LogP contribution in [-0.2, 0) is 4.79 Å². The first kappa shape index (κ1) is 17.9. The highest BCUT2D eigenvalue weighted by molar-refractivity contribution is 7.99. The molecule has 2 aliphatic rings. The Labute approximate surface area is 166 Å². The predicted molar refractivity (Wildman–Crippen MR) is 106 cm³/mol. The van der Waals surface area contributed by atoms with Gasteiger partial charge in [0, 0.05) is 24.2 Å². The van der Waals surface area contributed by atoms with Crippen molar-refractivity contribution in [1.29, 1.82) is 0 Å². The van der Waals surface area contributed by atoms with Crippen LogP contribution in [0, 0.1) is 0 Å². The summed E-state index contributed by atoms with van der Waals surface area (Å²) in [6.45, 7) is 2.07. The van der Waals surface area contributed by atoms with Gasteiger partial charge in [-0.05, 0) is 43.9 Å². The lowest BCUT2D eigenvalue weighted by atomic mass is 10.3. The van der Waals surface area contributed by atoms with E-state index in [0.717, 1.165) is 37.0 Å². The van der Waals surface area contributed by atoms with Crippen LogP contribution in [0.2, 0.25) is 10.0 Å². The summed E-state index contributed by atoms with van der Waals surface area (Å²) in [7, 11) is 0. The molecule has 1 saturated carbocycles. The molecule has 138 valence electrons. The molecule has 0 unspecified atom stereocenters. The molecule has 2 fully saturated rings. The van der Waals surface area contributed by atoms with Gasteiger partial charge in [0.15, 0.2) is 5.16 Å². The number of nitrogens with one attached hydrogen (secondary N) is 1. The maximum atomic E-state index is 12.3. The summed E-state index contributed by atoms with van der Waals surface area (Å²) in [6, 6.07) is 5.47. The van der Waals surface area contributed by atoms with Crippen LogP contribution < -0.4 is 10.2 Å². The molecule has 0 bridgehead atoms. The highest BCUT2D eigenvalue weighted by Gasteiger charge is 2.32. The number of thioether (sulfide) groups is 1. The van der Waals surface area contributed by atoms with Crippen molar-refractivity contribution in [3.63, 3.8) is 0 Å². The van der Waals surface area contributed by atoms with Crippen molar-refractivity contribution in [1.82, 2.24) is 14.8 Å². The molecule has 1 aromatic carbocycles. The third-order valence-electron chi connectivity index (χ3n) is 4.49. The maximum absolute atomic E-state index is 12.3. The van der Waals surface area contributed by atoms with E-state index in [1.807, 2.05) is 0 Å². The third-order valence-corrected chi connectivity index (χ3v) is 5.98. The van der Waals surface area contributed by atoms with Gasteiger partial charge in [-0.3, -0.25) is 9.36 Å². The molecule has 1 aliphatic heterocycles. The van der Waals surface area contributed by atoms with Crippen LogP contribution in [-0.4, -0.2) is 39.5 Å². The number of hydrogen-bond donors (Lipinski definition) is 1. The summed E-state index contributed by atoms with van der Waals surface area (Å²) in [5.74, 6) is 1.07. The van der Waals surface area contributed by atoms with Gasteiger partial charge in [0.05, 0.1) is 16.5 Å². The molecule has 4 rings (SSSR count). The van der Waals surface area contributed by atoms with Crippen molar-refractivity contribution in [3.8, 4) is 0 Å². The molecule has 1 aromatic heterocycles. The summed E-state index contributed by atoms with van der Waals surface area (Å²) in [6.07, 6.45) is 4.70. The Kier molecular flexibility index (Phi) is 5.29. The van der Waals surface area contributed by atoms with Crippen molar-refractivity contribution in [2.45, 2.75) is 36.9 Å². The Balaban J connectivity index is 1.42. The summed E-state index contributed by atoms with van der Waals surface area (Å²) in [4.78, 5) is 14.6. The molecule has 0 atom stereocenters. The number of rotatable bonds is 6. The Morgan fingerprint density at radius 3 is 2.69 bits per heavy atom. The zero-order valence-electron chi connectivity index (χ0n) is 14.1. The second-order valence-corrected chi connectivity index (χ2v) is 8.33. The first-order valence-electron chi connectivity index (χ1n) is 8.69. The highest BCUT2D eigenvalue weighted by Crippen LogP contribution is 2.41. The van der Waals surface area contributed by atoms with E-state index in [1.54, 1.807) is 18.2 Å². The molecule has 1 saturated heterocycles. The van der Waals surface area contributed by atoms with E-state index in [0.29, 0.717) is 21.8 Å². The highest BCUT2D eigenvalue weighted by atomic mass is 35.5. The van der Waals surface area contributed by atoms with Crippen LogP contribution in [0.4, 0.5) is 11.6 Å². The number of aromatic nitrogens is 3. The molecule has 26 heavy (non-hydrogen) atoms. The van der Waals surface area contributed by atoms with Gasteiger partial charge >= 0.3 is 0 Å². The smallest absolute Gasteiger partial charge is 0.234 e. The van der Waals surface area contributed by atoms with E-state index in [-0.39, 0.29) is 11.7 Å². The summed E-state index contributed by atoms with van der Waals surface area (Å²) < 4.78 is 2.21. The van der Waals surface area contributed by atoms with Crippen molar-refractivity contribution >= 4 is 52.5 Å². The van der Waals surface area contributed by atoms with Gasteiger partial charge in [-0.25, -0.2) is 0 Å². The average Bonchev–Trinajstić information content (AvgIpc) is 3.14. The second-order valence-electron chi connectivity index (χ2n) is 6.54. The molecular formula is C17H19Cl2N5OS. The molecule has 2 heterocycles. The van der Waals surface area contributed by atoms with E-state index in [2.05, 4.69) is 25.0 Å². The van der Waals surface area contributed by atoms with E-state index >= 15 is 0 Å². The number of carbonyl (C=O) groups is 1. The second kappa shape index (κ2) is 7.66. The van der Waals surface area contributed by atoms with Gasteiger partial charge in [-0.2, -0.15) is 0 Å². The van der Waals surface area contributed by atoms with Crippen LogP contribution in [0.15, 0.2) is 23.4 Å². The molecule has 1 N–H and O–H groups in total. The number of halogens is 2. The van der Waals surface area contributed by atoms with Gasteiger partial charge in [0.25, 0.3) is 0 Å². The monoisotopic (exact) mass is 411 g/mol. The Morgan fingerprint density at radius 2 is 2.00 bits per heavy atom. The van der Waals surface area contributed by atoms with Gasteiger partial charge in [-0.15, -0.1) is 10.2 Å². The fourth-order valence-corrected chi connectivity index (χ4v) is 4.32. The molecular weight excluding hydrogens is 393 g/mol. The van der Waals surface area contributed by atoms with Crippen molar-refractivity contribution < 1.29 is 4.79 Å². The van der Waals surface area contributed by atoms with E-state index in [9.17, 15) is 4.79 Å². The van der Waals surface area contributed by atoms with Crippen LogP contribution in [0.5, 0.6) is 0 Å². The first-order chi connectivity index (χ1) is 12.6. The van der Waals surface area contributed by atoms with E-state index in [4.69, 9.17) is 23.2 Å². The summed E-state index contributed by atoms with van der Waals surface area (Å²) >= 11 is 13.4. The Bertz CT molecular complexity index is 817. The van der Waals surface area contributed by atoms with Crippen LogP contribution in [0.25, 0.3) is 0 Å².